The molecule has 0 aliphatic heterocycles. The van der Waals surface area contributed by atoms with Crippen LogP contribution in [0.2, 0.25) is 0 Å². The van der Waals surface area contributed by atoms with Crippen molar-refractivity contribution in [3.63, 3.8) is 0 Å². The van der Waals surface area contributed by atoms with E-state index in [4.69, 9.17) is 16.7 Å². The Morgan fingerprint density at radius 1 is 1.23 bits per heavy atom. The average Bonchev–Trinajstić information content (AvgIpc) is 2.02. The van der Waals surface area contributed by atoms with E-state index in [1.165, 1.54) is 0 Å². The van der Waals surface area contributed by atoms with Crippen LogP contribution < -0.4 is 0 Å². The van der Waals surface area contributed by atoms with E-state index in [1.807, 2.05) is 38.1 Å². The van der Waals surface area contributed by atoms with Crippen molar-refractivity contribution in [2.24, 2.45) is 0 Å². The summed E-state index contributed by atoms with van der Waals surface area (Å²) in [5, 5.41) is 9.07. The molecule has 0 bridgehead atoms. The van der Waals surface area contributed by atoms with Crippen LogP contribution in [0.3, 0.4) is 0 Å². The van der Waals surface area contributed by atoms with Crippen LogP contribution in [0.5, 0.6) is 0 Å². The first-order valence-corrected chi connectivity index (χ1v) is 4.77. The Labute approximate surface area is 84.4 Å². The Morgan fingerprint density at radius 2 is 1.77 bits per heavy atom. The Morgan fingerprint density at radius 3 is 2.23 bits per heavy atom. The third kappa shape index (κ3) is 3.37. The first-order valence-electron chi connectivity index (χ1n) is 4.39. The van der Waals surface area contributed by atoms with E-state index in [0.29, 0.717) is 0 Å². The molecule has 0 atom stereocenters. The summed E-state index contributed by atoms with van der Waals surface area (Å²) in [6.07, 6.45) is 0.783. The highest BCUT2D eigenvalue weighted by Gasteiger charge is 2.15. The van der Waals surface area contributed by atoms with E-state index in [1.54, 1.807) is 0 Å². The average molecular weight is 199 g/mol. The predicted octanol–water partition coefficient (Wildman–Crippen LogP) is 2.74. The monoisotopic (exact) mass is 198 g/mol. The van der Waals surface area contributed by atoms with E-state index in [0.717, 1.165) is 17.5 Å². The molecule has 2 heteroatoms. The fraction of sp³-hybridized carbons (Fsp3) is 0.455. The molecule has 1 nitrogen and oxygen atoms in total. The summed E-state index contributed by atoms with van der Waals surface area (Å²) in [5.41, 5.74) is 2.10. The molecule has 0 saturated carbocycles. The Kier molecular flexibility index (Phi) is 3.34. The van der Waals surface area contributed by atoms with Crippen molar-refractivity contribution in [3.05, 3.63) is 35.4 Å². The standard InChI is InChI=1S/C11H15ClO/c1-11(2,12)7-9-5-3-4-6-10(9)8-13/h3-6,13H,7-8H2,1-2H3. The zero-order valence-corrected chi connectivity index (χ0v) is 8.80. The summed E-state index contributed by atoms with van der Waals surface area (Å²) in [4.78, 5) is -0.245. The molecule has 0 heterocycles. The lowest BCUT2D eigenvalue weighted by Crippen LogP contribution is -2.15. The zero-order chi connectivity index (χ0) is 9.90. The van der Waals surface area contributed by atoms with Crippen molar-refractivity contribution in [1.82, 2.24) is 0 Å². The van der Waals surface area contributed by atoms with Gasteiger partial charge in [0.15, 0.2) is 0 Å². The smallest absolute Gasteiger partial charge is 0.0684 e. The van der Waals surface area contributed by atoms with Gasteiger partial charge in [-0.25, -0.2) is 0 Å². The number of hydrogen-bond donors (Lipinski definition) is 1. The second kappa shape index (κ2) is 4.12. The maximum atomic E-state index is 9.07. The van der Waals surface area contributed by atoms with Crippen LogP contribution in [-0.2, 0) is 13.0 Å². The van der Waals surface area contributed by atoms with Gasteiger partial charge in [0.2, 0.25) is 0 Å². The minimum absolute atomic E-state index is 0.0865. The van der Waals surface area contributed by atoms with E-state index in [9.17, 15) is 0 Å². The van der Waals surface area contributed by atoms with Crippen LogP contribution in [0.4, 0.5) is 0 Å². The number of halogens is 1. The predicted molar refractivity (Wildman–Crippen MR) is 56.0 cm³/mol. The van der Waals surface area contributed by atoms with Gasteiger partial charge in [-0.05, 0) is 31.4 Å². The SMILES string of the molecule is CC(C)(Cl)Cc1ccccc1CO. The molecule has 0 unspecified atom stereocenters. The maximum absolute atomic E-state index is 9.07. The summed E-state index contributed by atoms with van der Waals surface area (Å²) >= 11 is 6.11. The van der Waals surface area contributed by atoms with Gasteiger partial charge in [-0.15, -0.1) is 11.6 Å². The number of aliphatic hydroxyl groups is 1. The van der Waals surface area contributed by atoms with E-state index in [-0.39, 0.29) is 11.5 Å². The van der Waals surface area contributed by atoms with Crippen LogP contribution in [0, 0.1) is 0 Å². The highest BCUT2D eigenvalue weighted by atomic mass is 35.5. The zero-order valence-electron chi connectivity index (χ0n) is 8.05. The molecule has 1 aromatic carbocycles. The van der Waals surface area contributed by atoms with E-state index in [2.05, 4.69) is 0 Å². The van der Waals surface area contributed by atoms with Gasteiger partial charge in [0.25, 0.3) is 0 Å². The van der Waals surface area contributed by atoms with Gasteiger partial charge in [0.05, 0.1) is 6.61 Å². The molecule has 1 rings (SSSR count). The molecule has 0 saturated heterocycles. The van der Waals surface area contributed by atoms with Gasteiger partial charge >= 0.3 is 0 Å². The molecular weight excluding hydrogens is 184 g/mol. The minimum atomic E-state index is -0.245. The van der Waals surface area contributed by atoms with Crippen molar-refractivity contribution >= 4 is 11.6 Å². The molecule has 0 aliphatic rings. The molecule has 0 aliphatic carbocycles. The molecule has 13 heavy (non-hydrogen) atoms. The minimum Gasteiger partial charge on any atom is -0.392 e. The second-order valence-corrected chi connectivity index (χ2v) is 4.85. The van der Waals surface area contributed by atoms with Crippen LogP contribution >= 0.6 is 11.6 Å². The van der Waals surface area contributed by atoms with Crippen molar-refractivity contribution in [2.75, 3.05) is 0 Å². The Balaban J connectivity index is 2.87. The topological polar surface area (TPSA) is 20.2 Å². The third-order valence-corrected chi connectivity index (χ3v) is 2.03. The summed E-state index contributed by atoms with van der Waals surface area (Å²) < 4.78 is 0. The Hall–Kier alpha value is -0.530. The van der Waals surface area contributed by atoms with Crippen LogP contribution in [-0.4, -0.2) is 9.98 Å². The molecule has 1 N–H and O–H groups in total. The molecule has 1 aromatic rings. The Bertz CT molecular complexity index is 276. The molecule has 0 aromatic heterocycles. The lowest BCUT2D eigenvalue weighted by atomic mass is 9.98. The van der Waals surface area contributed by atoms with Crippen molar-refractivity contribution < 1.29 is 5.11 Å². The lowest BCUT2D eigenvalue weighted by molar-refractivity contribution is 0.280. The van der Waals surface area contributed by atoms with Gasteiger partial charge in [-0.1, -0.05) is 24.3 Å². The van der Waals surface area contributed by atoms with Gasteiger partial charge in [0, 0.05) is 4.87 Å². The normalized spacial score (nSPS) is 11.7. The van der Waals surface area contributed by atoms with Crippen LogP contribution in [0.15, 0.2) is 24.3 Å². The number of rotatable bonds is 3. The van der Waals surface area contributed by atoms with Crippen LogP contribution in [0.1, 0.15) is 25.0 Å². The fourth-order valence-electron chi connectivity index (χ4n) is 1.34. The highest BCUT2D eigenvalue weighted by Crippen LogP contribution is 2.21. The lowest BCUT2D eigenvalue weighted by Gasteiger charge is -2.17. The molecule has 0 radical (unpaired) electrons. The third-order valence-electron chi connectivity index (χ3n) is 1.90. The van der Waals surface area contributed by atoms with Gasteiger partial charge < -0.3 is 5.11 Å². The first-order chi connectivity index (χ1) is 6.03. The summed E-state index contributed by atoms with van der Waals surface area (Å²) in [6.45, 7) is 4.04. The summed E-state index contributed by atoms with van der Waals surface area (Å²) in [5.74, 6) is 0. The number of aliphatic hydroxyl groups excluding tert-OH is 1. The van der Waals surface area contributed by atoms with Crippen molar-refractivity contribution in [2.45, 2.75) is 31.7 Å². The maximum Gasteiger partial charge on any atom is 0.0684 e. The highest BCUT2D eigenvalue weighted by molar-refractivity contribution is 6.23. The molecular formula is C11H15ClO. The van der Waals surface area contributed by atoms with Gasteiger partial charge in [0.1, 0.15) is 0 Å². The van der Waals surface area contributed by atoms with Crippen molar-refractivity contribution in [3.8, 4) is 0 Å². The number of hydrogen-bond acceptors (Lipinski definition) is 1. The van der Waals surface area contributed by atoms with Gasteiger partial charge in [-0.3, -0.25) is 0 Å². The van der Waals surface area contributed by atoms with Gasteiger partial charge in [-0.2, -0.15) is 0 Å². The summed E-state index contributed by atoms with van der Waals surface area (Å²) in [6, 6.07) is 7.83. The van der Waals surface area contributed by atoms with E-state index >= 15 is 0 Å². The first kappa shape index (κ1) is 10.6. The summed E-state index contributed by atoms with van der Waals surface area (Å²) in [7, 11) is 0. The molecule has 0 spiro atoms. The number of alkyl halides is 1. The van der Waals surface area contributed by atoms with Crippen LogP contribution in [0.25, 0.3) is 0 Å². The molecule has 0 amide bonds. The second-order valence-electron chi connectivity index (χ2n) is 3.82. The number of benzene rings is 1. The fourth-order valence-corrected chi connectivity index (χ4v) is 1.48. The molecule has 0 fully saturated rings. The largest absolute Gasteiger partial charge is 0.392 e. The van der Waals surface area contributed by atoms with Crippen molar-refractivity contribution in [1.29, 1.82) is 0 Å². The van der Waals surface area contributed by atoms with E-state index < -0.39 is 0 Å². The quantitative estimate of drug-likeness (QED) is 0.741. The molecule has 72 valence electrons.